The third-order valence-corrected chi connectivity index (χ3v) is 6.74. The molecule has 8 heteroatoms. The Morgan fingerprint density at radius 2 is 1.74 bits per heavy atom. The summed E-state index contributed by atoms with van der Waals surface area (Å²) in [6, 6.07) is 22.8. The Labute approximate surface area is 213 Å². The van der Waals surface area contributed by atoms with E-state index in [0.29, 0.717) is 34.1 Å². The number of carbonyl (C=O) groups excluding carboxylic acids is 1. The monoisotopic (exact) mass is 505 g/mol. The van der Waals surface area contributed by atoms with Crippen molar-refractivity contribution in [2.75, 3.05) is 13.7 Å². The van der Waals surface area contributed by atoms with E-state index in [4.69, 9.17) is 21.7 Å². The minimum atomic E-state index is -1.19. The largest absolute Gasteiger partial charge is 0.493 e. The van der Waals surface area contributed by atoms with Gasteiger partial charge in [-0.3, -0.25) is 9.69 Å². The first-order valence-electron chi connectivity index (χ1n) is 10.9. The van der Waals surface area contributed by atoms with Crippen molar-refractivity contribution in [1.82, 2.24) is 4.90 Å². The van der Waals surface area contributed by atoms with E-state index < -0.39 is 17.9 Å². The van der Waals surface area contributed by atoms with Crippen LogP contribution in [-0.4, -0.2) is 39.9 Å². The number of carboxylic acid groups (broad SMARTS) is 1. The first-order valence-corrected chi connectivity index (χ1v) is 12.1. The zero-order chi connectivity index (χ0) is 24.8. The third-order valence-electron chi connectivity index (χ3n) is 5.41. The molecule has 0 bridgehead atoms. The summed E-state index contributed by atoms with van der Waals surface area (Å²) in [4.78, 5) is 26.7. The van der Waals surface area contributed by atoms with E-state index in [1.807, 2.05) is 36.4 Å². The highest BCUT2D eigenvalue weighted by atomic mass is 32.2. The Hall–Kier alpha value is -3.62. The molecule has 1 unspecified atom stereocenters. The number of methoxy groups -OCH3 is 1. The second-order valence-electron chi connectivity index (χ2n) is 7.70. The van der Waals surface area contributed by atoms with E-state index >= 15 is 0 Å². The van der Waals surface area contributed by atoms with Crippen LogP contribution in [0.4, 0.5) is 0 Å². The highest BCUT2D eigenvalue weighted by Gasteiger charge is 2.41. The van der Waals surface area contributed by atoms with Crippen molar-refractivity contribution in [2.45, 2.75) is 12.5 Å². The van der Waals surface area contributed by atoms with Crippen LogP contribution in [0.2, 0.25) is 0 Å². The molecule has 35 heavy (non-hydrogen) atoms. The van der Waals surface area contributed by atoms with Crippen LogP contribution in [0.15, 0.2) is 83.8 Å². The molecule has 6 nitrogen and oxygen atoms in total. The Morgan fingerprint density at radius 1 is 1.06 bits per heavy atom. The average Bonchev–Trinajstić information content (AvgIpc) is 3.14. The molecule has 0 aromatic heterocycles. The number of hydrogen-bond donors (Lipinski definition) is 1. The van der Waals surface area contributed by atoms with Gasteiger partial charge in [-0.2, -0.15) is 0 Å². The lowest BCUT2D eigenvalue weighted by molar-refractivity contribution is -0.145. The van der Waals surface area contributed by atoms with E-state index in [0.717, 1.165) is 23.1 Å². The molecule has 3 aromatic carbocycles. The number of rotatable bonds is 9. The number of aliphatic carboxylic acids is 1. The molecule has 0 saturated carbocycles. The van der Waals surface area contributed by atoms with Crippen LogP contribution in [0.25, 0.3) is 6.08 Å². The maximum atomic E-state index is 13.2. The number of thioether (sulfide) groups is 1. The van der Waals surface area contributed by atoms with Gasteiger partial charge < -0.3 is 14.6 Å². The van der Waals surface area contributed by atoms with Gasteiger partial charge in [0.1, 0.15) is 4.32 Å². The van der Waals surface area contributed by atoms with E-state index in [2.05, 4.69) is 0 Å². The number of hydrogen-bond acceptors (Lipinski definition) is 6. The zero-order valence-corrected chi connectivity index (χ0v) is 20.6. The fourth-order valence-corrected chi connectivity index (χ4v) is 5.02. The number of thiocarbonyl (C=S) groups is 1. The molecule has 0 spiro atoms. The van der Waals surface area contributed by atoms with Crippen molar-refractivity contribution >= 4 is 46.3 Å². The van der Waals surface area contributed by atoms with Crippen LogP contribution in [0.3, 0.4) is 0 Å². The minimum Gasteiger partial charge on any atom is -0.493 e. The van der Waals surface area contributed by atoms with Gasteiger partial charge in [0.25, 0.3) is 5.91 Å². The van der Waals surface area contributed by atoms with Gasteiger partial charge in [0.15, 0.2) is 17.5 Å². The molecule has 178 valence electrons. The van der Waals surface area contributed by atoms with Crippen molar-refractivity contribution in [3.05, 3.63) is 100 Å². The fraction of sp³-hybridized carbons (Fsp3) is 0.148. The van der Waals surface area contributed by atoms with E-state index in [1.165, 1.54) is 5.56 Å². The SMILES string of the molecule is COc1cc(/C=C2\SC(=S)N(C(C(=O)O)c3ccccc3)C2=O)ccc1OCCc1ccccc1. The van der Waals surface area contributed by atoms with Gasteiger partial charge in [-0.05, 0) is 34.9 Å². The molecule has 4 rings (SSSR count). The molecule has 1 amide bonds. The smallest absolute Gasteiger partial charge is 0.331 e. The second-order valence-corrected chi connectivity index (χ2v) is 9.37. The summed E-state index contributed by atoms with van der Waals surface area (Å²) in [5.41, 5.74) is 2.38. The highest BCUT2D eigenvalue weighted by molar-refractivity contribution is 8.26. The van der Waals surface area contributed by atoms with Crippen molar-refractivity contribution < 1.29 is 24.2 Å². The van der Waals surface area contributed by atoms with Crippen LogP contribution in [0, 0.1) is 0 Å². The standard InChI is InChI=1S/C27H23NO5S2/c1-32-22-16-19(12-13-21(22)33-15-14-18-8-4-2-5-9-18)17-23-25(29)28(27(34)35-23)24(26(30)31)20-10-6-3-7-11-20/h2-13,16-17,24H,14-15H2,1H3,(H,30,31)/b23-17-. The number of ether oxygens (including phenoxy) is 2. The molecule has 0 aliphatic carbocycles. The van der Waals surface area contributed by atoms with Gasteiger partial charge >= 0.3 is 5.97 Å². The van der Waals surface area contributed by atoms with E-state index in [9.17, 15) is 14.7 Å². The fourth-order valence-electron chi connectivity index (χ4n) is 3.71. The van der Waals surface area contributed by atoms with Crippen molar-refractivity contribution in [3.8, 4) is 11.5 Å². The average molecular weight is 506 g/mol. The van der Waals surface area contributed by atoms with Gasteiger partial charge in [0.2, 0.25) is 0 Å². The number of carbonyl (C=O) groups is 2. The first kappa shape index (κ1) is 24.5. The molecule has 3 aromatic rings. The Kier molecular flexibility index (Phi) is 7.84. The number of nitrogens with zero attached hydrogens (tertiary/aromatic N) is 1. The quantitative estimate of drug-likeness (QED) is 0.311. The minimum absolute atomic E-state index is 0.199. The zero-order valence-electron chi connectivity index (χ0n) is 18.9. The summed E-state index contributed by atoms with van der Waals surface area (Å²) in [7, 11) is 1.56. The maximum Gasteiger partial charge on any atom is 0.331 e. The summed E-state index contributed by atoms with van der Waals surface area (Å²) in [6.45, 7) is 0.494. The molecular weight excluding hydrogens is 482 g/mol. The maximum absolute atomic E-state index is 13.2. The predicted molar refractivity (Wildman–Crippen MR) is 140 cm³/mol. The molecule has 1 aliphatic heterocycles. The summed E-state index contributed by atoms with van der Waals surface area (Å²) in [6.07, 6.45) is 2.44. The lowest BCUT2D eigenvalue weighted by Gasteiger charge is -2.23. The van der Waals surface area contributed by atoms with Crippen molar-refractivity contribution in [3.63, 3.8) is 0 Å². The van der Waals surface area contributed by atoms with E-state index in [1.54, 1.807) is 55.7 Å². The molecule has 0 radical (unpaired) electrons. The highest BCUT2D eigenvalue weighted by Crippen LogP contribution is 2.39. The summed E-state index contributed by atoms with van der Waals surface area (Å²) < 4.78 is 11.6. The van der Waals surface area contributed by atoms with Gasteiger partial charge in [0, 0.05) is 6.42 Å². The van der Waals surface area contributed by atoms with E-state index in [-0.39, 0.29) is 4.32 Å². The summed E-state index contributed by atoms with van der Waals surface area (Å²) in [5.74, 6) is -0.455. The Balaban J connectivity index is 1.51. The number of benzene rings is 3. The van der Waals surface area contributed by atoms with Gasteiger partial charge in [0.05, 0.1) is 18.6 Å². The number of carboxylic acids is 1. The Bertz CT molecular complexity index is 1260. The van der Waals surface area contributed by atoms with Crippen LogP contribution in [-0.2, 0) is 16.0 Å². The molecule has 1 N–H and O–H groups in total. The molecule has 1 heterocycles. The lowest BCUT2D eigenvalue weighted by atomic mass is 10.1. The third kappa shape index (κ3) is 5.72. The topological polar surface area (TPSA) is 76.1 Å². The molecule has 1 atom stereocenters. The molecule has 1 fully saturated rings. The summed E-state index contributed by atoms with van der Waals surface area (Å²) in [5, 5.41) is 9.83. The lowest BCUT2D eigenvalue weighted by Crippen LogP contribution is -2.37. The van der Waals surface area contributed by atoms with Gasteiger partial charge in [-0.1, -0.05) is 90.7 Å². The summed E-state index contributed by atoms with van der Waals surface area (Å²) >= 11 is 6.46. The molecular formula is C27H23NO5S2. The normalized spacial score (nSPS) is 15.3. The van der Waals surface area contributed by atoms with Crippen LogP contribution >= 0.6 is 24.0 Å². The van der Waals surface area contributed by atoms with Gasteiger partial charge in [-0.25, -0.2) is 4.79 Å². The van der Waals surface area contributed by atoms with Crippen molar-refractivity contribution in [2.24, 2.45) is 0 Å². The van der Waals surface area contributed by atoms with Crippen LogP contribution < -0.4 is 9.47 Å². The molecule has 1 saturated heterocycles. The second kappa shape index (κ2) is 11.2. The van der Waals surface area contributed by atoms with Crippen LogP contribution in [0.1, 0.15) is 22.7 Å². The Morgan fingerprint density at radius 3 is 2.40 bits per heavy atom. The van der Waals surface area contributed by atoms with Crippen molar-refractivity contribution in [1.29, 1.82) is 0 Å². The number of amides is 1. The first-order chi connectivity index (χ1) is 17.0. The van der Waals surface area contributed by atoms with Gasteiger partial charge in [-0.15, -0.1) is 0 Å². The predicted octanol–water partition coefficient (Wildman–Crippen LogP) is 5.34. The van der Waals surface area contributed by atoms with Crippen LogP contribution in [0.5, 0.6) is 11.5 Å². The molecule has 1 aliphatic rings.